The first-order valence-electron chi connectivity index (χ1n) is 12.7. The molecule has 0 saturated carbocycles. The molecule has 0 spiro atoms. The van der Waals surface area contributed by atoms with Gasteiger partial charge in [0.15, 0.2) is 6.04 Å². The molecule has 3 aliphatic heterocycles. The summed E-state index contributed by atoms with van der Waals surface area (Å²) in [7, 11) is 1.99. The summed E-state index contributed by atoms with van der Waals surface area (Å²) in [5.41, 5.74) is 1.25. The fraction of sp³-hybridized carbons (Fsp3) is 0.407. The molecule has 39 heavy (non-hydrogen) atoms. The van der Waals surface area contributed by atoms with Gasteiger partial charge in [-0.15, -0.1) is 0 Å². The van der Waals surface area contributed by atoms with Crippen molar-refractivity contribution in [1.82, 2.24) is 20.4 Å². The number of carbonyl (C=O) groups is 4. The van der Waals surface area contributed by atoms with E-state index in [1.165, 1.54) is 35.2 Å². The Bertz CT molecular complexity index is 1320. The van der Waals surface area contributed by atoms with Crippen LogP contribution in [0, 0.1) is 0 Å². The summed E-state index contributed by atoms with van der Waals surface area (Å²) >= 11 is 0. The summed E-state index contributed by atoms with van der Waals surface area (Å²) in [6.07, 6.45) is -4.47. The number of anilines is 1. The maximum absolute atomic E-state index is 14.2. The molecule has 12 heteroatoms. The lowest BCUT2D eigenvalue weighted by atomic mass is 10.0. The molecular formula is C27H28F3N5O4. The number of imide groups is 1. The summed E-state index contributed by atoms with van der Waals surface area (Å²) < 4.78 is 42.5. The highest BCUT2D eigenvalue weighted by Gasteiger charge is 2.43. The van der Waals surface area contributed by atoms with Gasteiger partial charge in [0.25, 0.3) is 11.8 Å². The predicted molar refractivity (Wildman–Crippen MR) is 135 cm³/mol. The van der Waals surface area contributed by atoms with Crippen molar-refractivity contribution in [2.24, 2.45) is 0 Å². The van der Waals surface area contributed by atoms with E-state index in [2.05, 4.69) is 15.5 Å². The molecule has 0 bridgehead atoms. The van der Waals surface area contributed by atoms with Gasteiger partial charge in [-0.25, -0.2) is 0 Å². The van der Waals surface area contributed by atoms with Crippen molar-refractivity contribution in [3.8, 4) is 0 Å². The quantitative estimate of drug-likeness (QED) is 0.561. The van der Waals surface area contributed by atoms with Gasteiger partial charge in [0, 0.05) is 56.0 Å². The molecule has 2 saturated heterocycles. The van der Waals surface area contributed by atoms with Gasteiger partial charge >= 0.3 is 6.18 Å². The first-order valence-corrected chi connectivity index (χ1v) is 12.7. The Hall–Kier alpha value is -3.93. The second-order valence-electron chi connectivity index (χ2n) is 10.1. The van der Waals surface area contributed by atoms with Gasteiger partial charge in [0.1, 0.15) is 6.04 Å². The molecule has 9 nitrogen and oxygen atoms in total. The molecule has 3 heterocycles. The fourth-order valence-corrected chi connectivity index (χ4v) is 5.25. The number of amides is 4. The van der Waals surface area contributed by atoms with Crippen LogP contribution < -0.4 is 15.5 Å². The van der Waals surface area contributed by atoms with Crippen LogP contribution in [0.5, 0.6) is 0 Å². The maximum atomic E-state index is 14.2. The summed E-state index contributed by atoms with van der Waals surface area (Å²) in [6.45, 7) is 2.98. The lowest BCUT2D eigenvalue weighted by molar-refractivity contribution is -0.155. The van der Waals surface area contributed by atoms with E-state index in [1.807, 2.05) is 11.9 Å². The van der Waals surface area contributed by atoms with Crippen molar-refractivity contribution < 1.29 is 32.3 Å². The zero-order valence-electron chi connectivity index (χ0n) is 21.3. The Kier molecular flexibility index (Phi) is 7.06. The summed E-state index contributed by atoms with van der Waals surface area (Å²) in [4.78, 5) is 55.1. The number of likely N-dealkylation sites (N-methyl/N-ethyl adjacent to an activating group) is 1. The van der Waals surface area contributed by atoms with E-state index in [1.54, 1.807) is 12.1 Å². The molecule has 5 rings (SSSR count). The first kappa shape index (κ1) is 26.7. The van der Waals surface area contributed by atoms with Gasteiger partial charge in [-0.1, -0.05) is 12.1 Å². The number of fused-ring (bicyclic) bond motifs is 1. The van der Waals surface area contributed by atoms with Crippen molar-refractivity contribution in [2.45, 2.75) is 37.6 Å². The minimum Gasteiger partial charge on any atom is -0.369 e. The number of piperidine rings is 1. The van der Waals surface area contributed by atoms with Crippen molar-refractivity contribution in [2.75, 3.05) is 38.1 Å². The summed E-state index contributed by atoms with van der Waals surface area (Å²) in [5, 5.41) is 4.34. The SMILES string of the molecule is CN1CCN(c2cccc([C@@H](NC(=O)c3ccc4c(c3)CN(C3CCC(=O)NC3=O)C4=O)C(F)(F)F)c2)CC1. The van der Waals surface area contributed by atoms with Gasteiger partial charge < -0.3 is 20.0 Å². The standard InChI is InChI=1S/C27H28F3N5O4/c1-33-9-11-34(12-10-33)19-4-2-3-16(14-19)23(27(28,29)30)32-24(37)17-5-6-20-18(13-17)15-35(26(20)39)21-7-8-22(36)31-25(21)38/h2-6,13-14,21,23H,7-12,15H2,1H3,(H,32,37)(H,31,36,38)/t21?,23-/m1/s1. The second kappa shape index (κ2) is 10.3. The van der Waals surface area contributed by atoms with Crippen LogP contribution in [-0.4, -0.2) is 78.9 Å². The molecule has 2 N–H and O–H groups in total. The third-order valence-electron chi connectivity index (χ3n) is 7.46. The first-order chi connectivity index (χ1) is 18.5. The highest BCUT2D eigenvalue weighted by atomic mass is 19.4. The number of nitrogens with one attached hydrogen (secondary N) is 2. The average molecular weight is 544 g/mol. The number of carbonyl (C=O) groups excluding carboxylic acids is 4. The molecule has 3 aliphatic rings. The molecule has 2 fully saturated rings. The zero-order valence-corrected chi connectivity index (χ0v) is 21.3. The third kappa shape index (κ3) is 5.47. The fourth-order valence-electron chi connectivity index (χ4n) is 5.25. The Morgan fingerprint density at radius 3 is 2.49 bits per heavy atom. The zero-order chi connectivity index (χ0) is 27.9. The van der Waals surface area contributed by atoms with E-state index in [0.717, 1.165) is 13.1 Å². The largest absolute Gasteiger partial charge is 0.412 e. The van der Waals surface area contributed by atoms with E-state index < -0.39 is 41.9 Å². The molecule has 0 radical (unpaired) electrons. The number of alkyl halides is 3. The van der Waals surface area contributed by atoms with Crippen LogP contribution in [-0.2, 0) is 16.1 Å². The Balaban J connectivity index is 1.34. The molecule has 206 valence electrons. The minimum atomic E-state index is -4.74. The van der Waals surface area contributed by atoms with Crippen molar-refractivity contribution >= 4 is 29.3 Å². The van der Waals surface area contributed by atoms with E-state index in [9.17, 15) is 32.3 Å². The highest BCUT2D eigenvalue weighted by Crippen LogP contribution is 2.35. The van der Waals surface area contributed by atoms with Gasteiger partial charge in [-0.05, 0) is 54.9 Å². The molecule has 2 aromatic carbocycles. The lowest BCUT2D eigenvalue weighted by Crippen LogP contribution is -2.52. The topological polar surface area (TPSA) is 102 Å². The molecule has 0 aliphatic carbocycles. The van der Waals surface area contributed by atoms with Crippen LogP contribution in [0.2, 0.25) is 0 Å². The van der Waals surface area contributed by atoms with Crippen LogP contribution in [0.15, 0.2) is 42.5 Å². The van der Waals surface area contributed by atoms with Crippen LogP contribution in [0.3, 0.4) is 0 Å². The van der Waals surface area contributed by atoms with Crippen LogP contribution in [0.4, 0.5) is 18.9 Å². The van der Waals surface area contributed by atoms with Crippen LogP contribution >= 0.6 is 0 Å². The van der Waals surface area contributed by atoms with Gasteiger partial charge in [0.2, 0.25) is 11.8 Å². The highest BCUT2D eigenvalue weighted by molar-refractivity contribution is 6.06. The Morgan fingerprint density at radius 1 is 1.05 bits per heavy atom. The van der Waals surface area contributed by atoms with E-state index in [0.29, 0.717) is 24.3 Å². The molecule has 0 aromatic heterocycles. The number of hydrogen-bond donors (Lipinski definition) is 2. The van der Waals surface area contributed by atoms with E-state index >= 15 is 0 Å². The predicted octanol–water partition coefficient (Wildman–Crippen LogP) is 2.23. The van der Waals surface area contributed by atoms with Gasteiger partial charge in [-0.2, -0.15) is 13.2 Å². The maximum Gasteiger partial charge on any atom is 0.412 e. The average Bonchev–Trinajstić information content (AvgIpc) is 3.22. The number of piperazine rings is 1. The van der Waals surface area contributed by atoms with Gasteiger partial charge in [-0.3, -0.25) is 24.5 Å². The number of benzene rings is 2. The molecule has 1 unspecified atom stereocenters. The number of rotatable bonds is 5. The molecular weight excluding hydrogens is 515 g/mol. The minimum absolute atomic E-state index is 0.0112. The smallest absolute Gasteiger partial charge is 0.369 e. The Labute approximate surface area is 222 Å². The number of nitrogens with zero attached hydrogens (tertiary/aromatic N) is 3. The van der Waals surface area contributed by atoms with Crippen molar-refractivity contribution in [3.63, 3.8) is 0 Å². The molecule has 2 atom stereocenters. The van der Waals surface area contributed by atoms with Crippen LogP contribution in [0.1, 0.15) is 50.7 Å². The monoisotopic (exact) mass is 543 g/mol. The Morgan fingerprint density at radius 2 is 1.79 bits per heavy atom. The van der Waals surface area contributed by atoms with E-state index in [-0.39, 0.29) is 36.1 Å². The van der Waals surface area contributed by atoms with Gasteiger partial charge in [0.05, 0.1) is 0 Å². The van der Waals surface area contributed by atoms with Crippen molar-refractivity contribution in [3.05, 3.63) is 64.7 Å². The summed E-state index contributed by atoms with van der Waals surface area (Å²) in [6, 6.07) is 7.12. The van der Waals surface area contributed by atoms with Crippen LogP contribution in [0.25, 0.3) is 0 Å². The number of hydrogen-bond acceptors (Lipinski definition) is 6. The second-order valence-corrected chi connectivity index (χ2v) is 10.1. The number of halogens is 3. The normalized spacial score (nSPS) is 21.0. The van der Waals surface area contributed by atoms with E-state index in [4.69, 9.17) is 0 Å². The molecule has 4 amide bonds. The third-order valence-corrected chi connectivity index (χ3v) is 7.46. The lowest BCUT2D eigenvalue weighted by Gasteiger charge is -2.34. The summed E-state index contributed by atoms with van der Waals surface area (Å²) in [5.74, 6) is -2.35. The molecule has 2 aromatic rings. The van der Waals surface area contributed by atoms with Crippen molar-refractivity contribution in [1.29, 1.82) is 0 Å².